The number of nitrogens with one attached hydrogen (secondary N) is 1. The van der Waals surface area contributed by atoms with Gasteiger partial charge >= 0.3 is 12.2 Å². The predicted octanol–water partition coefficient (Wildman–Crippen LogP) is 6.23. The highest BCUT2D eigenvalue weighted by atomic mass is 79.9. The highest BCUT2D eigenvalue weighted by Crippen LogP contribution is 2.35. The molecule has 276 valence electrons. The lowest BCUT2D eigenvalue weighted by atomic mass is 10.1. The third-order valence-corrected chi connectivity index (χ3v) is 10.4. The Hall–Kier alpha value is -4.14. The molecule has 3 aromatic rings. The SMILES string of the molecule is Cc1c(Br)c(=O)n(C2CCCC2)c2nc(Nc3ncc(N4CCN(C(=O)OC(C)(C)C)CC4)cc3N3CCN(C(=O)OC(C)(C)C)CC3)ncc12. The zero-order chi connectivity index (χ0) is 36.7. The molecule has 1 saturated carbocycles. The van der Waals surface area contributed by atoms with E-state index in [-0.39, 0.29) is 23.8 Å². The maximum Gasteiger partial charge on any atom is 0.410 e. The monoisotopic (exact) mass is 767 g/mol. The summed E-state index contributed by atoms with van der Waals surface area (Å²) >= 11 is 3.53. The first kappa shape index (κ1) is 36.6. The molecule has 0 unspecified atom stereocenters. The summed E-state index contributed by atoms with van der Waals surface area (Å²) in [5, 5.41) is 4.20. The second kappa shape index (κ2) is 14.5. The minimum Gasteiger partial charge on any atom is -0.444 e. The summed E-state index contributed by atoms with van der Waals surface area (Å²) in [5.74, 6) is 0.912. The first-order chi connectivity index (χ1) is 24.1. The summed E-state index contributed by atoms with van der Waals surface area (Å²) in [6.45, 7) is 17.5. The Balaban J connectivity index is 1.29. The quantitative estimate of drug-likeness (QED) is 0.316. The molecule has 3 aliphatic rings. The zero-order valence-corrected chi connectivity index (χ0v) is 32.4. The van der Waals surface area contributed by atoms with Crippen molar-refractivity contribution < 1.29 is 19.1 Å². The Morgan fingerprint density at radius 1 is 0.824 bits per heavy atom. The van der Waals surface area contributed by atoms with Crippen LogP contribution in [0.25, 0.3) is 11.0 Å². The topological polar surface area (TPSA) is 138 Å². The summed E-state index contributed by atoms with van der Waals surface area (Å²) in [5.41, 5.74) is 1.98. The van der Waals surface area contributed by atoms with E-state index < -0.39 is 11.2 Å². The van der Waals surface area contributed by atoms with Gasteiger partial charge in [-0.05, 0) is 88.9 Å². The van der Waals surface area contributed by atoms with Gasteiger partial charge in [0.05, 0.1) is 22.0 Å². The largest absolute Gasteiger partial charge is 0.444 e. The molecule has 3 fully saturated rings. The van der Waals surface area contributed by atoms with E-state index in [1.54, 1.807) is 16.0 Å². The smallest absolute Gasteiger partial charge is 0.410 e. The molecule has 0 aromatic carbocycles. The van der Waals surface area contributed by atoms with Crippen molar-refractivity contribution >= 4 is 62.3 Å². The number of amides is 2. The highest BCUT2D eigenvalue weighted by molar-refractivity contribution is 9.10. The summed E-state index contributed by atoms with van der Waals surface area (Å²) in [4.78, 5) is 61.5. The van der Waals surface area contributed by atoms with Crippen LogP contribution in [0.2, 0.25) is 0 Å². The number of anilines is 4. The minimum atomic E-state index is -0.575. The average molecular weight is 769 g/mol. The van der Waals surface area contributed by atoms with Crippen molar-refractivity contribution in [1.82, 2.24) is 29.3 Å². The molecule has 2 aliphatic heterocycles. The van der Waals surface area contributed by atoms with Gasteiger partial charge in [0.2, 0.25) is 5.95 Å². The summed E-state index contributed by atoms with van der Waals surface area (Å²) in [6, 6.07) is 2.18. The van der Waals surface area contributed by atoms with E-state index in [2.05, 4.69) is 42.1 Å². The van der Waals surface area contributed by atoms with Crippen molar-refractivity contribution in [3.63, 3.8) is 0 Å². The third kappa shape index (κ3) is 8.34. The number of carbonyl (C=O) groups excluding carboxylic acids is 2. The lowest BCUT2D eigenvalue weighted by Gasteiger charge is -2.39. The molecule has 0 bridgehead atoms. The van der Waals surface area contributed by atoms with Gasteiger partial charge in [-0.2, -0.15) is 4.98 Å². The number of nitrogens with zero attached hydrogens (tertiary/aromatic N) is 8. The molecule has 1 N–H and O–H groups in total. The van der Waals surface area contributed by atoms with Gasteiger partial charge in [0, 0.05) is 70.0 Å². The molecule has 5 heterocycles. The second-order valence-electron chi connectivity index (χ2n) is 15.6. The summed E-state index contributed by atoms with van der Waals surface area (Å²) in [7, 11) is 0. The van der Waals surface area contributed by atoms with Crippen LogP contribution < -0.4 is 20.7 Å². The third-order valence-electron chi connectivity index (χ3n) is 9.48. The van der Waals surface area contributed by atoms with Gasteiger partial charge in [-0.1, -0.05) is 12.8 Å². The molecule has 0 atom stereocenters. The molecule has 3 aromatic heterocycles. The molecular formula is C36H50BrN9O5. The molecule has 0 radical (unpaired) electrons. The number of pyridine rings is 2. The van der Waals surface area contributed by atoms with Gasteiger partial charge < -0.3 is 34.4 Å². The number of hydrogen-bond donors (Lipinski definition) is 1. The normalized spacial score (nSPS) is 17.6. The molecule has 6 rings (SSSR count). The van der Waals surface area contributed by atoms with Crippen LogP contribution in [0.15, 0.2) is 27.7 Å². The maximum absolute atomic E-state index is 13.5. The Kier molecular flexibility index (Phi) is 10.4. The number of carbonyl (C=O) groups is 2. The first-order valence-corrected chi connectivity index (χ1v) is 18.7. The number of fused-ring (bicyclic) bond motifs is 1. The van der Waals surface area contributed by atoms with Crippen LogP contribution in [0.5, 0.6) is 0 Å². The fourth-order valence-corrected chi connectivity index (χ4v) is 7.26. The fraction of sp³-hybridized carbons (Fsp3) is 0.611. The van der Waals surface area contributed by atoms with Crippen LogP contribution in [0.3, 0.4) is 0 Å². The number of ether oxygens (including phenoxy) is 2. The van der Waals surface area contributed by atoms with Crippen molar-refractivity contribution in [2.75, 3.05) is 67.5 Å². The van der Waals surface area contributed by atoms with E-state index in [9.17, 15) is 14.4 Å². The van der Waals surface area contributed by atoms with E-state index >= 15 is 0 Å². The van der Waals surface area contributed by atoms with Crippen LogP contribution >= 0.6 is 15.9 Å². The van der Waals surface area contributed by atoms with E-state index in [0.29, 0.717) is 74.2 Å². The average Bonchev–Trinajstić information content (AvgIpc) is 3.61. The van der Waals surface area contributed by atoms with Crippen LogP contribution in [0, 0.1) is 6.92 Å². The van der Waals surface area contributed by atoms with Crippen molar-refractivity contribution in [1.29, 1.82) is 0 Å². The van der Waals surface area contributed by atoms with Crippen molar-refractivity contribution in [2.45, 2.75) is 91.4 Å². The Morgan fingerprint density at radius 3 is 1.92 bits per heavy atom. The maximum atomic E-state index is 13.5. The van der Waals surface area contributed by atoms with Crippen molar-refractivity contribution in [3.05, 3.63) is 38.9 Å². The lowest BCUT2D eigenvalue weighted by molar-refractivity contribution is 0.0230. The van der Waals surface area contributed by atoms with Crippen molar-refractivity contribution in [2.24, 2.45) is 0 Å². The molecule has 15 heteroatoms. The fourth-order valence-electron chi connectivity index (χ4n) is 6.85. The number of halogens is 1. The Labute approximate surface area is 307 Å². The Morgan fingerprint density at radius 2 is 1.37 bits per heavy atom. The van der Waals surface area contributed by atoms with E-state index in [4.69, 9.17) is 19.4 Å². The van der Waals surface area contributed by atoms with Crippen LogP contribution in [0.1, 0.15) is 78.8 Å². The number of hydrogen-bond acceptors (Lipinski definition) is 11. The minimum absolute atomic E-state index is 0.0747. The second-order valence-corrected chi connectivity index (χ2v) is 16.4. The number of rotatable bonds is 5. The van der Waals surface area contributed by atoms with Gasteiger partial charge in [-0.15, -0.1) is 0 Å². The van der Waals surface area contributed by atoms with Gasteiger partial charge in [0.15, 0.2) is 5.82 Å². The molecule has 0 spiro atoms. The van der Waals surface area contributed by atoms with Gasteiger partial charge in [0.25, 0.3) is 5.56 Å². The van der Waals surface area contributed by atoms with Crippen LogP contribution in [-0.2, 0) is 9.47 Å². The number of piperazine rings is 2. The van der Waals surface area contributed by atoms with Gasteiger partial charge in [0.1, 0.15) is 16.8 Å². The Bertz CT molecular complexity index is 1830. The van der Waals surface area contributed by atoms with Crippen LogP contribution in [-0.4, -0.2) is 105 Å². The molecular weight excluding hydrogens is 718 g/mol. The number of aromatic nitrogens is 4. The van der Waals surface area contributed by atoms with Gasteiger partial charge in [-0.25, -0.2) is 19.6 Å². The molecule has 51 heavy (non-hydrogen) atoms. The van der Waals surface area contributed by atoms with Crippen LogP contribution in [0.4, 0.5) is 32.7 Å². The van der Waals surface area contributed by atoms with E-state index in [0.717, 1.165) is 48.0 Å². The molecule has 2 amide bonds. The van der Waals surface area contributed by atoms with Crippen molar-refractivity contribution in [3.8, 4) is 0 Å². The summed E-state index contributed by atoms with van der Waals surface area (Å²) in [6.07, 6.45) is 7.00. The van der Waals surface area contributed by atoms with Gasteiger partial charge in [-0.3, -0.25) is 9.36 Å². The highest BCUT2D eigenvalue weighted by Gasteiger charge is 2.30. The molecule has 2 saturated heterocycles. The lowest BCUT2D eigenvalue weighted by Crippen LogP contribution is -2.51. The standard InChI is InChI=1S/C36H50BrN9O5/c1-23-26-22-39-32(41-30(26)46(31(47)28(23)37)24-10-8-9-11-24)40-29-27(43-14-18-45(19-15-43)34(49)51-36(5,6)7)20-25(21-38-29)42-12-16-44(17-13-42)33(48)50-35(2,3)4/h20-22,24H,8-19H2,1-7H3,(H,38,39,40,41). The molecule has 1 aliphatic carbocycles. The zero-order valence-electron chi connectivity index (χ0n) is 30.8. The first-order valence-electron chi connectivity index (χ1n) is 17.9. The number of aryl methyl sites for hydroxylation is 1. The summed E-state index contributed by atoms with van der Waals surface area (Å²) < 4.78 is 13.6. The molecule has 14 nitrogen and oxygen atoms in total. The van der Waals surface area contributed by atoms with E-state index in [1.165, 1.54) is 0 Å². The van der Waals surface area contributed by atoms with E-state index in [1.807, 2.05) is 59.2 Å². The predicted molar refractivity (Wildman–Crippen MR) is 201 cm³/mol.